The lowest BCUT2D eigenvalue weighted by Gasteiger charge is -2.14. The van der Waals surface area contributed by atoms with E-state index in [4.69, 9.17) is 5.11 Å². The van der Waals surface area contributed by atoms with Gasteiger partial charge in [0, 0.05) is 31.8 Å². The summed E-state index contributed by atoms with van der Waals surface area (Å²) in [6.45, 7) is 1.85. The van der Waals surface area contributed by atoms with Gasteiger partial charge in [-0.25, -0.2) is 4.79 Å². The zero-order valence-electron chi connectivity index (χ0n) is 15.1. The SMILES string of the molecule is Cc1ccc(NC(=O)CCc2ccc(C(=O)O)cc2)cc1C(=O)N(C)C. The van der Waals surface area contributed by atoms with Gasteiger partial charge in [0.1, 0.15) is 0 Å². The van der Waals surface area contributed by atoms with Crippen molar-refractivity contribution in [1.82, 2.24) is 4.90 Å². The first-order valence-electron chi connectivity index (χ1n) is 8.22. The van der Waals surface area contributed by atoms with Crippen LogP contribution in [0.4, 0.5) is 5.69 Å². The fraction of sp³-hybridized carbons (Fsp3) is 0.250. The highest BCUT2D eigenvalue weighted by molar-refractivity contribution is 5.98. The second kappa shape index (κ2) is 8.29. The maximum absolute atomic E-state index is 12.2. The topological polar surface area (TPSA) is 86.7 Å². The van der Waals surface area contributed by atoms with Crippen LogP contribution in [0.1, 0.15) is 38.3 Å². The predicted octanol–water partition coefficient (Wildman–Crippen LogP) is 2.97. The zero-order valence-corrected chi connectivity index (χ0v) is 15.1. The molecule has 0 unspecified atom stereocenters. The summed E-state index contributed by atoms with van der Waals surface area (Å²) in [5.74, 6) is -1.26. The van der Waals surface area contributed by atoms with E-state index in [0.29, 0.717) is 17.7 Å². The second-order valence-corrected chi connectivity index (χ2v) is 6.28. The average Bonchev–Trinajstić information content (AvgIpc) is 2.61. The van der Waals surface area contributed by atoms with Crippen LogP contribution in [-0.2, 0) is 11.2 Å². The summed E-state index contributed by atoms with van der Waals surface area (Å²) in [6, 6.07) is 11.7. The van der Waals surface area contributed by atoms with Crippen LogP contribution in [0, 0.1) is 6.92 Å². The molecular weight excluding hydrogens is 332 g/mol. The molecule has 2 aromatic carbocycles. The Hall–Kier alpha value is -3.15. The highest BCUT2D eigenvalue weighted by Gasteiger charge is 2.13. The van der Waals surface area contributed by atoms with Crippen LogP contribution in [0.25, 0.3) is 0 Å². The van der Waals surface area contributed by atoms with Crippen molar-refractivity contribution in [3.05, 3.63) is 64.7 Å². The molecule has 0 radical (unpaired) electrons. The van der Waals surface area contributed by atoms with Crippen LogP contribution in [-0.4, -0.2) is 41.9 Å². The van der Waals surface area contributed by atoms with Crippen molar-refractivity contribution in [1.29, 1.82) is 0 Å². The third-order valence-corrected chi connectivity index (χ3v) is 4.00. The number of rotatable bonds is 6. The number of benzene rings is 2. The number of carboxylic acid groups (broad SMARTS) is 1. The van der Waals surface area contributed by atoms with E-state index in [2.05, 4.69) is 5.32 Å². The minimum absolute atomic E-state index is 0.114. The van der Waals surface area contributed by atoms with E-state index < -0.39 is 5.97 Å². The number of nitrogens with one attached hydrogen (secondary N) is 1. The van der Waals surface area contributed by atoms with Crippen LogP contribution in [0.5, 0.6) is 0 Å². The largest absolute Gasteiger partial charge is 0.478 e. The minimum atomic E-state index is -0.975. The number of carboxylic acids is 1. The van der Waals surface area contributed by atoms with E-state index in [1.165, 1.54) is 17.0 Å². The van der Waals surface area contributed by atoms with Gasteiger partial charge in [0.05, 0.1) is 5.56 Å². The van der Waals surface area contributed by atoms with Crippen molar-refractivity contribution in [2.45, 2.75) is 19.8 Å². The lowest BCUT2D eigenvalue weighted by atomic mass is 10.1. The molecule has 2 amide bonds. The first-order valence-corrected chi connectivity index (χ1v) is 8.22. The number of aromatic carboxylic acids is 1. The lowest BCUT2D eigenvalue weighted by Crippen LogP contribution is -2.23. The summed E-state index contributed by atoms with van der Waals surface area (Å²) < 4.78 is 0. The predicted molar refractivity (Wildman–Crippen MR) is 99.5 cm³/mol. The number of aryl methyl sites for hydroxylation is 2. The minimum Gasteiger partial charge on any atom is -0.478 e. The van der Waals surface area contributed by atoms with E-state index >= 15 is 0 Å². The van der Waals surface area contributed by atoms with Gasteiger partial charge in [-0.3, -0.25) is 9.59 Å². The Kier molecular flexibility index (Phi) is 6.11. The van der Waals surface area contributed by atoms with Crippen LogP contribution in [0.3, 0.4) is 0 Å². The first kappa shape index (κ1) is 19.2. The van der Waals surface area contributed by atoms with E-state index in [1.807, 2.05) is 6.92 Å². The van der Waals surface area contributed by atoms with Gasteiger partial charge >= 0.3 is 5.97 Å². The normalized spacial score (nSPS) is 10.3. The van der Waals surface area contributed by atoms with Crippen molar-refractivity contribution < 1.29 is 19.5 Å². The fourth-order valence-corrected chi connectivity index (χ4v) is 2.47. The molecule has 6 heteroatoms. The van der Waals surface area contributed by atoms with Crippen molar-refractivity contribution in [3.63, 3.8) is 0 Å². The average molecular weight is 354 g/mol. The molecule has 26 heavy (non-hydrogen) atoms. The summed E-state index contributed by atoms with van der Waals surface area (Å²) in [6.07, 6.45) is 0.762. The Labute approximate surface area is 152 Å². The molecule has 0 aliphatic rings. The molecule has 0 aliphatic heterocycles. The zero-order chi connectivity index (χ0) is 19.3. The molecule has 0 atom stereocenters. The maximum atomic E-state index is 12.2. The van der Waals surface area contributed by atoms with E-state index in [-0.39, 0.29) is 23.8 Å². The number of carbonyl (C=O) groups is 3. The van der Waals surface area contributed by atoms with Crippen molar-refractivity contribution in [2.24, 2.45) is 0 Å². The number of nitrogens with zero attached hydrogens (tertiary/aromatic N) is 1. The summed E-state index contributed by atoms with van der Waals surface area (Å²) in [7, 11) is 3.37. The molecule has 0 saturated heterocycles. The molecule has 0 bridgehead atoms. The molecule has 0 saturated carbocycles. The highest BCUT2D eigenvalue weighted by Crippen LogP contribution is 2.17. The molecule has 0 fully saturated rings. The molecule has 2 aromatic rings. The molecule has 0 aromatic heterocycles. The van der Waals surface area contributed by atoms with Gasteiger partial charge < -0.3 is 15.3 Å². The maximum Gasteiger partial charge on any atom is 0.335 e. The van der Waals surface area contributed by atoms with Gasteiger partial charge in [0.2, 0.25) is 5.91 Å². The third kappa shape index (κ3) is 4.92. The van der Waals surface area contributed by atoms with Gasteiger partial charge in [-0.2, -0.15) is 0 Å². The summed E-state index contributed by atoms with van der Waals surface area (Å²) >= 11 is 0. The van der Waals surface area contributed by atoms with Gasteiger partial charge in [-0.15, -0.1) is 0 Å². The van der Waals surface area contributed by atoms with E-state index in [1.54, 1.807) is 44.4 Å². The molecule has 136 valence electrons. The van der Waals surface area contributed by atoms with Crippen molar-refractivity contribution >= 4 is 23.5 Å². The molecule has 0 aliphatic carbocycles. The molecule has 0 heterocycles. The number of anilines is 1. The summed E-state index contributed by atoms with van der Waals surface area (Å²) in [5, 5.41) is 11.7. The Bertz CT molecular complexity index is 826. The number of hydrogen-bond acceptors (Lipinski definition) is 3. The smallest absolute Gasteiger partial charge is 0.335 e. The summed E-state index contributed by atoms with van der Waals surface area (Å²) in [5.41, 5.74) is 3.08. The number of carbonyl (C=O) groups excluding carboxylic acids is 2. The van der Waals surface area contributed by atoms with Crippen LogP contribution < -0.4 is 5.32 Å². The highest BCUT2D eigenvalue weighted by atomic mass is 16.4. The molecule has 2 N–H and O–H groups in total. The van der Waals surface area contributed by atoms with Gasteiger partial charge in [0.15, 0.2) is 0 Å². The Morgan fingerprint density at radius 2 is 1.69 bits per heavy atom. The Balaban J connectivity index is 1.98. The molecule has 2 rings (SSSR count). The summed E-state index contributed by atoms with van der Waals surface area (Å²) in [4.78, 5) is 36.6. The van der Waals surface area contributed by atoms with Crippen LogP contribution in [0.2, 0.25) is 0 Å². The molecular formula is C20H22N2O4. The standard InChI is InChI=1S/C20H22N2O4/c1-13-4-10-16(12-17(13)19(24)22(2)3)21-18(23)11-7-14-5-8-15(9-6-14)20(25)26/h4-6,8-10,12H,7,11H2,1-3H3,(H,21,23)(H,25,26). The van der Waals surface area contributed by atoms with Crippen molar-refractivity contribution in [3.8, 4) is 0 Å². The fourth-order valence-electron chi connectivity index (χ4n) is 2.47. The second-order valence-electron chi connectivity index (χ2n) is 6.28. The molecule has 0 spiro atoms. The van der Waals surface area contributed by atoms with Crippen molar-refractivity contribution in [2.75, 3.05) is 19.4 Å². The quantitative estimate of drug-likeness (QED) is 0.835. The van der Waals surface area contributed by atoms with Crippen LogP contribution >= 0.6 is 0 Å². The monoisotopic (exact) mass is 354 g/mol. The van der Waals surface area contributed by atoms with Gasteiger partial charge in [-0.1, -0.05) is 18.2 Å². The number of hydrogen-bond donors (Lipinski definition) is 2. The number of amides is 2. The van der Waals surface area contributed by atoms with Crippen LogP contribution in [0.15, 0.2) is 42.5 Å². The lowest BCUT2D eigenvalue weighted by molar-refractivity contribution is -0.116. The van der Waals surface area contributed by atoms with E-state index in [0.717, 1.165) is 11.1 Å². The molecule has 6 nitrogen and oxygen atoms in total. The van der Waals surface area contributed by atoms with Gasteiger partial charge in [0.25, 0.3) is 5.91 Å². The third-order valence-electron chi connectivity index (χ3n) is 4.00. The Morgan fingerprint density at radius 1 is 1.04 bits per heavy atom. The van der Waals surface area contributed by atoms with Gasteiger partial charge in [-0.05, 0) is 48.7 Å². The van der Waals surface area contributed by atoms with E-state index in [9.17, 15) is 14.4 Å². The first-order chi connectivity index (χ1) is 12.3. The Morgan fingerprint density at radius 3 is 2.27 bits per heavy atom.